The Balaban J connectivity index is 2.21. The molecular formula is C11H17NO2. The van der Waals surface area contributed by atoms with Gasteiger partial charge in [0.15, 0.2) is 0 Å². The van der Waals surface area contributed by atoms with Crippen molar-refractivity contribution in [2.24, 2.45) is 0 Å². The summed E-state index contributed by atoms with van der Waals surface area (Å²) in [4.78, 5) is 0. The van der Waals surface area contributed by atoms with E-state index in [9.17, 15) is 0 Å². The summed E-state index contributed by atoms with van der Waals surface area (Å²) in [5.74, 6) is 0. The average Bonchev–Trinajstić information content (AvgIpc) is 2.26. The summed E-state index contributed by atoms with van der Waals surface area (Å²) in [6, 6.07) is 10.3. The molecule has 14 heavy (non-hydrogen) atoms. The van der Waals surface area contributed by atoms with E-state index in [1.165, 1.54) is 5.56 Å². The van der Waals surface area contributed by atoms with E-state index >= 15 is 0 Å². The molecule has 0 amide bonds. The lowest BCUT2D eigenvalue weighted by molar-refractivity contribution is -0.122. The Hall–Kier alpha value is -0.900. The van der Waals surface area contributed by atoms with Crippen LogP contribution in [0.15, 0.2) is 30.3 Å². The first-order valence-corrected chi connectivity index (χ1v) is 4.69. The molecule has 3 nitrogen and oxygen atoms in total. The fourth-order valence-corrected chi connectivity index (χ4v) is 1.24. The third-order valence-corrected chi connectivity index (χ3v) is 2.00. The van der Waals surface area contributed by atoms with Gasteiger partial charge in [-0.3, -0.25) is 5.32 Å². The first kappa shape index (κ1) is 11.2. The highest BCUT2D eigenvalue weighted by atomic mass is 16.7. The van der Waals surface area contributed by atoms with Crippen LogP contribution in [0.25, 0.3) is 0 Å². The number of hydrogen-bond donors (Lipinski definition) is 1. The smallest absolute Gasteiger partial charge is 0.215 e. The van der Waals surface area contributed by atoms with Crippen LogP contribution in [-0.4, -0.2) is 27.2 Å². The standard InChI is InChI=1S/C11H17NO2/c1-13-11(14-2)12-9-8-10-6-4-3-5-7-10/h3-7,11-12H,8-9H2,1-2H3. The minimum atomic E-state index is -0.307. The Morgan fingerprint density at radius 2 is 1.79 bits per heavy atom. The van der Waals surface area contributed by atoms with Gasteiger partial charge in [0.05, 0.1) is 0 Å². The number of rotatable bonds is 6. The van der Waals surface area contributed by atoms with E-state index in [0.29, 0.717) is 0 Å². The highest BCUT2D eigenvalue weighted by Gasteiger charge is 2.01. The second-order valence-electron chi connectivity index (χ2n) is 2.99. The largest absolute Gasteiger partial charge is 0.343 e. The Kier molecular flexibility index (Phi) is 5.22. The van der Waals surface area contributed by atoms with E-state index in [1.807, 2.05) is 18.2 Å². The Bertz CT molecular complexity index is 234. The zero-order chi connectivity index (χ0) is 10.2. The topological polar surface area (TPSA) is 30.5 Å². The van der Waals surface area contributed by atoms with Crippen LogP contribution < -0.4 is 5.32 Å². The first-order valence-electron chi connectivity index (χ1n) is 4.69. The molecule has 0 saturated carbocycles. The van der Waals surface area contributed by atoms with Crippen LogP contribution in [0.5, 0.6) is 0 Å². The van der Waals surface area contributed by atoms with Crippen LogP contribution in [-0.2, 0) is 15.9 Å². The van der Waals surface area contributed by atoms with Crippen molar-refractivity contribution >= 4 is 0 Å². The van der Waals surface area contributed by atoms with Crippen LogP contribution >= 0.6 is 0 Å². The second-order valence-corrected chi connectivity index (χ2v) is 2.99. The molecule has 0 aromatic heterocycles. The fraction of sp³-hybridized carbons (Fsp3) is 0.455. The Morgan fingerprint density at radius 1 is 1.14 bits per heavy atom. The lowest BCUT2D eigenvalue weighted by Crippen LogP contribution is -2.33. The maximum Gasteiger partial charge on any atom is 0.215 e. The van der Waals surface area contributed by atoms with Crippen molar-refractivity contribution in [2.45, 2.75) is 12.8 Å². The molecule has 0 atom stereocenters. The molecule has 1 rings (SSSR count). The molecular weight excluding hydrogens is 178 g/mol. The monoisotopic (exact) mass is 195 g/mol. The molecule has 0 unspecified atom stereocenters. The Labute approximate surface area is 85.0 Å². The van der Waals surface area contributed by atoms with Crippen LogP contribution in [0.2, 0.25) is 0 Å². The van der Waals surface area contributed by atoms with Crippen LogP contribution in [0.4, 0.5) is 0 Å². The van der Waals surface area contributed by atoms with Crippen molar-refractivity contribution in [3.05, 3.63) is 35.9 Å². The molecule has 1 aromatic rings. The third kappa shape index (κ3) is 3.87. The van der Waals surface area contributed by atoms with Gasteiger partial charge < -0.3 is 9.47 Å². The van der Waals surface area contributed by atoms with Crippen LogP contribution in [0.3, 0.4) is 0 Å². The maximum absolute atomic E-state index is 5.00. The summed E-state index contributed by atoms with van der Waals surface area (Å²) < 4.78 is 10.0. The summed E-state index contributed by atoms with van der Waals surface area (Å²) in [7, 11) is 3.23. The first-order chi connectivity index (χ1) is 6.86. The van der Waals surface area contributed by atoms with Gasteiger partial charge in [0, 0.05) is 20.8 Å². The number of hydrogen-bond acceptors (Lipinski definition) is 3. The van der Waals surface area contributed by atoms with E-state index in [4.69, 9.17) is 9.47 Å². The zero-order valence-electron chi connectivity index (χ0n) is 8.69. The molecule has 0 radical (unpaired) electrons. The summed E-state index contributed by atoms with van der Waals surface area (Å²) >= 11 is 0. The van der Waals surface area contributed by atoms with E-state index in [-0.39, 0.29) is 6.41 Å². The van der Waals surface area contributed by atoms with Crippen molar-refractivity contribution in [1.82, 2.24) is 5.32 Å². The number of methoxy groups -OCH3 is 2. The van der Waals surface area contributed by atoms with Gasteiger partial charge in [-0.1, -0.05) is 30.3 Å². The molecule has 0 bridgehead atoms. The second kappa shape index (κ2) is 6.54. The Morgan fingerprint density at radius 3 is 2.36 bits per heavy atom. The van der Waals surface area contributed by atoms with Gasteiger partial charge in [0.1, 0.15) is 0 Å². The summed E-state index contributed by atoms with van der Waals surface area (Å²) in [5.41, 5.74) is 1.31. The van der Waals surface area contributed by atoms with Gasteiger partial charge in [0.25, 0.3) is 0 Å². The fourth-order valence-electron chi connectivity index (χ4n) is 1.24. The molecule has 0 aliphatic heterocycles. The van der Waals surface area contributed by atoms with Gasteiger partial charge in [-0.2, -0.15) is 0 Å². The van der Waals surface area contributed by atoms with Crippen LogP contribution in [0.1, 0.15) is 5.56 Å². The molecule has 0 heterocycles. The SMILES string of the molecule is COC(NCCc1ccccc1)OC. The van der Waals surface area contributed by atoms with E-state index in [1.54, 1.807) is 14.2 Å². The number of ether oxygens (including phenoxy) is 2. The van der Waals surface area contributed by atoms with Gasteiger partial charge >= 0.3 is 0 Å². The van der Waals surface area contributed by atoms with Gasteiger partial charge in [0.2, 0.25) is 6.41 Å². The van der Waals surface area contributed by atoms with Crippen molar-refractivity contribution in [3.63, 3.8) is 0 Å². The zero-order valence-corrected chi connectivity index (χ0v) is 8.69. The van der Waals surface area contributed by atoms with E-state index < -0.39 is 0 Å². The van der Waals surface area contributed by atoms with Crippen molar-refractivity contribution < 1.29 is 9.47 Å². The molecule has 0 spiro atoms. The van der Waals surface area contributed by atoms with Gasteiger partial charge in [-0.25, -0.2) is 0 Å². The van der Waals surface area contributed by atoms with E-state index in [0.717, 1.165) is 13.0 Å². The number of nitrogens with one attached hydrogen (secondary N) is 1. The molecule has 3 heteroatoms. The summed E-state index contributed by atoms with van der Waals surface area (Å²) in [6.07, 6.45) is 0.670. The molecule has 1 aromatic carbocycles. The molecule has 0 aliphatic carbocycles. The quantitative estimate of drug-likeness (QED) is 0.696. The predicted molar refractivity (Wildman–Crippen MR) is 56.0 cm³/mol. The molecule has 78 valence electrons. The predicted octanol–water partition coefficient (Wildman–Crippen LogP) is 1.40. The molecule has 0 fully saturated rings. The molecule has 1 N–H and O–H groups in total. The minimum Gasteiger partial charge on any atom is -0.343 e. The van der Waals surface area contributed by atoms with E-state index in [2.05, 4.69) is 17.4 Å². The molecule has 0 aliphatic rings. The number of benzene rings is 1. The third-order valence-electron chi connectivity index (χ3n) is 2.00. The summed E-state index contributed by atoms with van der Waals surface area (Å²) in [6.45, 7) is 0.844. The van der Waals surface area contributed by atoms with Gasteiger partial charge in [-0.15, -0.1) is 0 Å². The van der Waals surface area contributed by atoms with Crippen molar-refractivity contribution in [2.75, 3.05) is 20.8 Å². The highest BCUT2D eigenvalue weighted by molar-refractivity contribution is 5.14. The van der Waals surface area contributed by atoms with Crippen molar-refractivity contribution in [3.8, 4) is 0 Å². The van der Waals surface area contributed by atoms with Gasteiger partial charge in [-0.05, 0) is 12.0 Å². The highest BCUT2D eigenvalue weighted by Crippen LogP contribution is 1.98. The van der Waals surface area contributed by atoms with Crippen LogP contribution in [0, 0.1) is 0 Å². The summed E-state index contributed by atoms with van der Waals surface area (Å²) in [5, 5.41) is 3.12. The van der Waals surface area contributed by atoms with Crippen molar-refractivity contribution in [1.29, 1.82) is 0 Å². The average molecular weight is 195 g/mol. The lowest BCUT2D eigenvalue weighted by Gasteiger charge is -2.14. The lowest BCUT2D eigenvalue weighted by atomic mass is 10.1. The molecule has 0 saturated heterocycles. The normalized spacial score (nSPS) is 10.8. The maximum atomic E-state index is 5.00. The minimum absolute atomic E-state index is 0.307.